The van der Waals surface area contributed by atoms with Crippen LogP contribution in [0, 0.1) is 12.8 Å². The number of hydrogen-bond donors (Lipinski definition) is 2. The van der Waals surface area contributed by atoms with E-state index in [1.165, 1.54) is 16.0 Å². The third kappa shape index (κ3) is 3.23. The van der Waals surface area contributed by atoms with Crippen molar-refractivity contribution in [1.82, 2.24) is 9.78 Å². The quantitative estimate of drug-likeness (QED) is 0.642. The lowest BCUT2D eigenvalue weighted by Crippen LogP contribution is -2.29. The molecular formula is C21H19N3O4S2. The Balaban J connectivity index is 1.72. The standard InChI is InChI=1S/C21H19N3O4S2/c1-12-4-7-14-17(9-12)30(27,28)11-15(22-14)18-20(25)19(16-3-2-8-29-16)23-24(21(18)26)10-13-5-6-13/h2-4,7-9,11,13,22,25H,5-6,10H2,1H3. The molecule has 0 saturated heterocycles. The number of benzene rings is 1. The molecule has 2 aromatic heterocycles. The molecule has 0 atom stereocenters. The predicted molar refractivity (Wildman–Crippen MR) is 116 cm³/mol. The third-order valence-corrected chi connectivity index (χ3v) is 7.64. The van der Waals surface area contributed by atoms with E-state index in [9.17, 15) is 18.3 Å². The SMILES string of the molecule is Cc1ccc2c(c1)S(=O)(=O)C=C(c1c(O)c(-c3cccs3)nn(CC3CC3)c1=O)N2. The molecule has 30 heavy (non-hydrogen) atoms. The first-order valence-corrected chi connectivity index (χ1v) is 12.0. The summed E-state index contributed by atoms with van der Waals surface area (Å²) in [6, 6.07) is 8.67. The molecule has 2 aliphatic rings. The van der Waals surface area contributed by atoms with Gasteiger partial charge in [0.15, 0.2) is 5.75 Å². The maximum absolute atomic E-state index is 13.2. The summed E-state index contributed by atoms with van der Waals surface area (Å²) < 4.78 is 27.1. The summed E-state index contributed by atoms with van der Waals surface area (Å²) in [5.41, 5.74) is 0.927. The fourth-order valence-electron chi connectivity index (χ4n) is 3.54. The third-order valence-electron chi connectivity index (χ3n) is 5.27. The molecule has 0 bridgehead atoms. The van der Waals surface area contributed by atoms with E-state index in [1.54, 1.807) is 24.3 Å². The maximum atomic E-state index is 13.2. The Morgan fingerprint density at radius 3 is 2.80 bits per heavy atom. The maximum Gasteiger partial charge on any atom is 0.279 e. The van der Waals surface area contributed by atoms with E-state index in [4.69, 9.17) is 0 Å². The minimum Gasteiger partial charge on any atom is -0.505 e. The van der Waals surface area contributed by atoms with Crippen molar-refractivity contribution >= 4 is 32.6 Å². The Morgan fingerprint density at radius 1 is 1.30 bits per heavy atom. The monoisotopic (exact) mass is 441 g/mol. The first kappa shape index (κ1) is 19.1. The van der Waals surface area contributed by atoms with Crippen LogP contribution in [0.4, 0.5) is 5.69 Å². The van der Waals surface area contributed by atoms with Gasteiger partial charge in [0.1, 0.15) is 11.3 Å². The number of hydrogen-bond acceptors (Lipinski definition) is 7. The van der Waals surface area contributed by atoms with E-state index in [2.05, 4.69) is 10.4 Å². The van der Waals surface area contributed by atoms with Crippen LogP contribution in [0.2, 0.25) is 0 Å². The van der Waals surface area contributed by atoms with Gasteiger partial charge in [0, 0.05) is 6.54 Å². The van der Waals surface area contributed by atoms with Crippen molar-refractivity contribution in [3.05, 3.63) is 62.6 Å². The molecule has 9 heteroatoms. The average Bonchev–Trinajstić information content (AvgIpc) is 3.34. The number of sulfone groups is 1. The van der Waals surface area contributed by atoms with Crippen molar-refractivity contribution in [1.29, 1.82) is 0 Å². The second kappa shape index (κ2) is 6.82. The van der Waals surface area contributed by atoms with Gasteiger partial charge in [-0.25, -0.2) is 13.1 Å². The molecule has 154 valence electrons. The highest BCUT2D eigenvalue weighted by molar-refractivity contribution is 7.94. The lowest BCUT2D eigenvalue weighted by atomic mass is 10.1. The Morgan fingerprint density at radius 2 is 2.10 bits per heavy atom. The number of anilines is 1. The smallest absolute Gasteiger partial charge is 0.279 e. The van der Waals surface area contributed by atoms with Crippen molar-refractivity contribution in [3.63, 3.8) is 0 Å². The van der Waals surface area contributed by atoms with E-state index < -0.39 is 15.4 Å². The zero-order chi connectivity index (χ0) is 21.0. The van der Waals surface area contributed by atoms with Crippen LogP contribution in [0.5, 0.6) is 5.75 Å². The highest BCUT2D eigenvalue weighted by Crippen LogP contribution is 2.39. The van der Waals surface area contributed by atoms with Crippen LogP contribution in [0.15, 0.2) is 50.8 Å². The zero-order valence-electron chi connectivity index (χ0n) is 16.1. The molecule has 0 unspecified atom stereocenters. The van der Waals surface area contributed by atoms with E-state index in [-0.39, 0.29) is 27.6 Å². The Bertz CT molecular complexity index is 1350. The summed E-state index contributed by atoms with van der Waals surface area (Å²) >= 11 is 1.39. The predicted octanol–water partition coefficient (Wildman–Crippen LogP) is 3.59. The van der Waals surface area contributed by atoms with E-state index in [0.29, 0.717) is 23.0 Å². The van der Waals surface area contributed by atoms with Gasteiger partial charge in [-0.3, -0.25) is 4.79 Å². The van der Waals surface area contributed by atoms with Crippen molar-refractivity contribution in [2.75, 3.05) is 5.32 Å². The molecule has 5 rings (SSSR count). The molecule has 3 aromatic rings. The van der Waals surface area contributed by atoms with Crippen LogP contribution >= 0.6 is 11.3 Å². The van der Waals surface area contributed by atoms with Gasteiger partial charge in [-0.05, 0) is 54.8 Å². The Kier molecular flexibility index (Phi) is 4.33. The molecule has 3 heterocycles. The summed E-state index contributed by atoms with van der Waals surface area (Å²) in [6.07, 6.45) is 2.06. The molecule has 0 radical (unpaired) electrons. The van der Waals surface area contributed by atoms with Gasteiger partial charge in [-0.2, -0.15) is 5.10 Å². The van der Waals surface area contributed by atoms with Crippen LogP contribution in [0.25, 0.3) is 16.3 Å². The topological polar surface area (TPSA) is 101 Å². The fraction of sp³-hybridized carbons (Fsp3) is 0.238. The molecule has 0 spiro atoms. The van der Waals surface area contributed by atoms with Crippen LogP contribution in [0.3, 0.4) is 0 Å². The van der Waals surface area contributed by atoms with Crippen molar-refractivity contribution in [3.8, 4) is 16.3 Å². The second-order valence-electron chi connectivity index (χ2n) is 7.68. The lowest BCUT2D eigenvalue weighted by molar-refractivity contribution is 0.455. The number of aryl methyl sites for hydroxylation is 1. The van der Waals surface area contributed by atoms with Crippen LogP contribution in [-0.2, 0) is 16.4 Å². The van der Waals surface area contributed by atoms with Crippen LogP contribution in [0.1, 0.15) is 24.0 Å². The van der Waals surface area contributed by atoms with E-state index >= 15 is 0 Å². The van der Waals surface area contributed by atoms with Gasteiger partial charge >= 0.3 is 0 Å². The molecule has 1 fully saturated rings. The minimum absolute atomic E-state index is 0.0543. The van der Waals surface area contributed by atoms with Crippen molar-refractivity contribution < 1.29 is 13.5 Å². The highest BCUT2D eigenvalue weighted by Gasteiger charge is 2.31. The van der Waals surface area contributed by atoms with Crippen molar-refractivity contribution in [2.45, 2.75) is 31.2 Å². The first-order chi connectivity index (χ1) is 14.3. The molecule has 2 N–H and O–H groups in total. The summed E-state index contributed by atoms with van der Waals surface area (Å²) in [7, 11) is -3.79. The van der Waals surface area contributed by atoms with Gasteiger partial charge < -0.3 is 10.4 Å². The molecule has 0 amide bonds. The van der Waals surface area contributed by atoms with Crippen LogP contribution < -0.4 is 10.9 Å². The second-order valence-corrected chi connectivity index (χ2v) is 10.4. The molecular weight excluding hydrogens is 422 g/mol. The van der Waals surface area contributed by atoms with Crippen molar-refractivity contribution in [2.24, 2.45) is 5.92 Å². The summed E-state index contributed by atoms with van der Waals surface area (Å²) in [5.74, 6) is 0.0588. The summed E-state index contributed by atoms with van der Waals surface area (Å²) in [6.45, 7) is 2.26. The number of aromatic hydroxyl groups is 1. The minimum atomic E-state index is -3.79. The fourth-order valence-corrected chi connectivity index (χ4v) is 5.64. The summed E-state index contributed by atoms with van der Waals surface area (Å²) in [4.78, 5) is 14.1. The number of nitrogens with one attached hydrogen (secondary N) is 1. The van der Waals surface area contributed by atoms with Crippen LogP contribution in [-0.4, -0.2) is 23.3 Å². The first-order valence-electron chi connectivity index (χ1n) is 9.56. The van der Waals surface area contributed by atoms with Gasteiger partial charge in [0.05, 0.1) is 26.6 Å². The molecule has 1 aliphatic carbocycles. The van der Waals surface area contributed by atoms with E-state index in [1.807, 2.05) is 18.4 Å². The lowest BCUT2D eigenvalue weighted by Gasteiger charge is -2.21. The van der Waals surface area contributed by atoms with E-state index in [0.717, 1.165) is 23.8 Å². The molecule has 1 aromatic carbocycles. The largest absolute Gasteiger partial charge is 0.505 e. The Hall–Kier alpha value is -2.91. The number of nitrogens with zero attached hydrogens (tertiary/aromatic N) is 2. The number of rotatable bonds is 4. The molecule has 1 saturated carbocycles. The molecule has 1 aliphatic heterocycles. The number of aromatic nitrogens is 2. The average molecular weight is 442 g/mol. The highest BCUT2D eigenvalue weighted by atomic mass is 32.2. The van der Waals surface area contributed by atoms with Gasteiger partial charge in [0.25, 0.3) is 5.56 Å². The normalized spacial score (nSPS) is 17.2. The van der Waals surface area contributed by atoms with Gasteiger partial charge in [-0.15, -0.1) is 11.3 Å². The van der Waals surface area contributed by atoms with Gasteiger partial charge in [0.2, 0.25) is 9.84 Å². The zero-order valence-corrected chi connectivity index (χ0v) is 17.8. The summed E-state index contributed by atoms with van der Waals surface area (Å²) in [5, 5.41) is 21.3. The number of thiophene rings is 1. The Labute approximate surface area is 177 Å². The number of fused-ring (bicyclic) bond motifs is 1. The molecule has 7 nitrogen and oxygen atoms in total. The van der Waals surface area contributed by atoms with Gasteiger partial charge in [-0.1, -0.05) is 12.1 Å².